The number of hydrogen-bond acceptors (Lipinski definition) is 4. The second-order valence-electron chi connectivity index (χ2n) is 4.04. The molecule has 2 rings (SSSR count). The van der Waals surface area contributed by atoms with E-state index in [2.05, 4.69) is 4.98 Å². The molecule has 1 N–H and O–H groups in total. The molecule has 7 nitrogen and oxygen atoms in total. The highest BCUT2D eigenvalue weighted by molar-refractivity contribution is 6.19. The molecule has 0 radical (unpaired) electrons. The molecule has 0 fully saturated rings. The number of fused-ring (bicyclic) bond motifs is 1. The molecule has 1 unspecified atom stereocenters. The Hall–Kier alpha value is -1.60. The predicted molar refractivity (Wildman–Crippen MR) is 66.7 cm³/mol. The molecule has 2 heterocycles. The van der Waals surface area contributed by atoms with Gasteiger partial charge in [0.05, 0.1) is 6.33 Å². The van der Waals surface area contributed by atoms with Crippen molar-refractivity contribution in [3.8, 4) is 0 Å². The summed E-state index contributed by atoms with van der Waals surface area (Å²) in [5.41, 5.74) is -1.15. The van der Waals surface area contributed by atoms with E-state index in [0.717, 1.165) is 4.57 Å². The Bertz CT molecular complexity index is 697. The maximum atomic E-state index is 12.0. The summed E-state index contributed by atoms with van der Waals surface area (Å²) in [5.74, 6) is 0. The molecule has 0 saturated heterocycles. The molecule has 1 atom stereocenters. The van der Waals surface area contributed by atoms with Crippen molar-refractivity contribution in [1.29, 1.82) is 0 Å². The molecule has 8 heteroatoms. The topological polar surface area (TPSA) is 82.0 Å². The lowest BCUT2D eigenvalue weighted by atomic mass is 10.4. The first-order valence-corrected chi connectivity index (χ1v) is 5.80. The van der Waals surface area contributed by atoms with Crippen molar-refractivity contribution in [1.82, 2.24) is 18.7 Å². The zero-order chi connectivity index (χ0) is 13.4. The standard InChI is InChI=1S/C10H13ClN4O3/c1-13-8-7(9(17)14(2)10(13)18)15(5-12-8)4-3-6(11)16/h5-6,16H,3-4H2,1-2H3. The van der Waals surface area contributed by atoms with Crippen LogP contribution in [0.25, 0.3) is 11.2 Å². The Labute approximate surface area is 107 Å². The lowest BCUT2D eigenvalue weighted by Crippen LogP contribution is -2.37. The summed E-state index contributed by atoms with van der Waals surface area (Å²) in [6.07, 6.45) is 1.75. The van der Waals surface area contributed by atoms with E-state index in [1.165, 1.54) is 17.9 Å². The number of rotatable bonds is 3. The first-order chi connectivity index (χ1) is 8.43. The van der Waals surface area contributed by atoms with E-state index in [9.17, 15) is 9.59 Å². The molecule has 0 aliphatic heterocycles. The summed E-state index contributed by atoms with van der Waals surface area (Å²) in [6, 6.07) is 0. The maximum absolute atomic E-state index is 12.0. The van der Waals surface area contributed by atoms with Crippen LogP contribution in [0.1, 0.15) is 6.42 Å². The molecule has 0 amide bonds. The van der Waals surface area contributed by atoms with Gasteiger partial charge in [-0.2, -0.15) is 0 Å². The van der Waals surface area contributed by atoms with Crippen LogP contribution in [-0.2, 0) is 20.6 Å². The van der Waals surface area contributed by atoms with E-state index < -0.39 is 16.8 Å². The van der Waals surface area contributed by atoms with Crippen LogP contribution in [0.15, 0.2) is 15.9 Å². The van der Waals surface area contributed by atoms with Crippen LogP contribution in [0.2, 0.25) is 0 Å². The van der Waals surface area contributed by atoms with Crippen LogP contribution in [0, 0.1) is 0 Å². The highest BCUT2D eigenvalue weighted by Crippen LogP contribution is 2.08. The molecule has 98 valence electrons. The third-order valence-corrected chi connectivity index (χ3v) is 3.04. The zero-order valence-corrected chi connectivity index (χ0v) is 10.8. The number of nitrogens with zero attached hydrogens (tertiary/aromatic N) is 4. The largest absolute Gasteiger partial charge is 0.378 e. The molecule has 0 bridgehead atoms. The smallest absolute Gasteiger partial charge is 0.332 e. The SMILES string of the molecule is Cn1c(=O)c2c(ncn2CCC(O)Cl)n(C)c1=O. The van der Waals surface area contributed by atoms with Crippen LogP contribution in [0.3, 0.4) is 0 Å². The summed E-state index contributed by atoms with van der Waals surface area (Å²) in [6.45, 7) is 0.356. The maximum Gasteiger partial charge on any atom is 0.332 e. The van der Waals surface area contributed by atoms with Crippen LogP contribution in [0.4, 0.5) is 0 Å². The lowest BCUT2D eigenvalue weighted by Gasteiger charge is -2.07. The second kappa shape index (κ2) is 4.58. The summed E-state index contributed by atoms with van der Waals surface area (Å²) in [4.78, 5) is 27.8. The molecule has 0 aromatic carbocycles. The van der Waals surface area contributed by atoms with Crippen LogP contribution in [0.5, 0.6) is 0 Å². The lowest BCUT2D eigenvalue weighted by molar-refractivity contribution is 0.238. The van der Waals surface area contributed by atoms with Gasteiger partial charge in [-0.3, -0.25) is 13.9 Å². The van der Waals surface area contributed by atoms with Gasteiger partial charge in [0.15, 0.2) is 11.2 Å². The first kappa shape index (κ1) is 12.8. The average Bonchev–Trinajstić information content (AvgIpc) is 2.75. The van der Waals surface area contributed by atoms with E-state index in [-0.39, 0.29) is 0 Å². The van der Waals surface area contributed by atoms with Crippen molar-refractivity contribution in [2.75, 3.05) is 0 Å². The Morgan fingerprint density at radius 2 is 2.06 bits per heavy atom. The molecule has 0 saturated carbocycles. The molecular weight excluding hydrogens is 260 g/mol. The molecule has 18 heavy (non-hydrogen) atoms. The van der Waals surface area contributed by atoms with Gasteiger partial charge in [0.25, 0.3) is 5.56 Å². The van der Waals surface area contributed by atoms with E-state index >= 15 is 0 Å². The fraction of sp³-hybridized carbons (Fsp3) is 0.500. The molecule has 2 aromatic heterocycles. The molecule has 0 aliphatic carbocycles. The van der Waals surface area contributed by atoms with Gasteiger partial charge in [-0.05, 0) is 0 Å². The van der Waals surface area contributed by atoms with Gasteiger partial charge in [0, 0.05) is 27.1 Å². The van der Waals surface area contributed by atoms with Gasteiger partial charge in [0.2, 0.25) is 0 Å². The monoisotopic (exact) mass is 272 g/mol. The Morgan fingerprint density at radius 3 is 2.67 bits per heavy atom. The quantitative estimate of drug-likeness (QED) is 0.755. The van der Waals surface area contributed by atoms with E-state index in [1.54, 1.807) is 11.6 Å². The van der Waals surface area contributed by atoms with Gasteiger partial charge in [-0.15, -0.1) is 0 Å². The summed E-state index contributed by atoms with van der Waals surface area (Å²) in [7, 11) is 2.97. The van der Waals surface area contributed by atoms with Crippen LogP contribution >= 0.6 is 11.6 Å². The van der Waals surface area contributed by atoms with E-state index in [1.807, 2.05) is 0 Å². The van der Waals surface area contributed by atoms with Crippen molar-refractivity contribution in [3.63, 3.8) is 0 Å². The van der Waals surface area contributed by atoms with Gasteiger partial charge >= 0.3 is 5.69 Å². The van der Waals surface area contributed by atoms with Gasteiger partial charge in [-0.25, -0.2) is 9.78 Å². The average molecular weight is 273 g/mol. The fourth-order valence-electron chi connectivity index (χ4n) is 1.81. The third-order valence-electron chi connectivity index (χ3n) is 2.83. The summed E-state index contributed by atoms with van der Waals surface area (Å²) >= 11 is 5.46. The normalized spacial score (nSPS) is 13.1. The number of aryl methyl sites for hydroxylation is 2. The minimum atomic E-state index is -0.973. The van der Waals surface area contributed by atoms with Crippen molar-refractivity contribution in [2.24, 2.45) is 14.1 Å². The number of imidazole rings is 1. The van der Waals surface area contributed by atoms with Crippen molar-refractivity contribution in [2.45, 2.75) is 18.5 Å². The van der Waals surface area contributed by atoms with Crippen molar-refractivity contribution in [3.05, 3.63) is 27.2 Å². The van der Waals surface area contributed by atoms with Gasteiger partial charge < -0.3 is 9.67 Å². The number of hydrogen-bond donors (Lipinski definition) is 1. The van der Waals surface area contributed by atoms with Gasteiger partial charge in [0.1, 0.15) is 5.56 Å². The summed E-state index contributed by atoms with van der Waals surface area (Å²) in [5, 5.41) is 9.04. The van der Waals surface area contributed by atoms with Crippen LogP contribution < -0.4 is 11.2 Å². The number of aliphatic hydroxyl groups is 1. The highest BCUT2D eigenvalue weighted by atomic mass is 35.5. The molecule has 0 spiro atoms. The summed E-state index contributed by atoms with van der Waals surface area (Å²) < 4.78 is 3.92. The number of aliphatic hydroxyl groups excluding tert-OH is 1. The van der Waals surface area contributed by atoms with Crippen LogP contribution in [-0.4, -0.2) is 29.4 Å². The third kappa shape index (κ3) is 1.95. The minimum Gasteiger partial charge on any atom is -0.378 e. The Kier molecular flexibility index (Phi) is 3.27. The minimum absolute atomic E-state index is 0.291. The van der Waals surface area contributed by atoms with Gasteiger partial charge in [-0.1, -0.05) is 11.6 Å². The second-order valence-corrected chi connectivity index (χ2v) is 4.54. The van der Waals surface area contributed by atoms with Crippen molar-refractivity contribution >= 4 is 22.8 Å². The molecular formula is C10H13ClN4O3. The predicted octanol–water partition coefficient (Wildman–Crippen LogP) is -0.619. The highest BCUT2D eigenvalue weighted by Gasteiger charge is 2.14. The molecule has 0 aliphatic rings. The first-order valence-electron chi connectivity index (χ1n) is 5.36. The number of halogens is 1. The van der Waals surface area contributed by atoms with E-state index in [0.29, 0.717) is 24.1 Å². The Morgan fingerprint density at radius 1 is 1.39 bits per heavy atom. The zero-order valence-electron chi connectivity index (χ0n) is 10.00. The fourth-order valence-corrected chi connectivity index (χ4v) is 1.91. The van der Waals surface area contributed by atoms with E-state index in [4.69, 9.17) is 16.7 Å². The van der Waals surface area contributed by atoms with Crippen molar-refractivity contribution < 1.29 is 5.11 Å². The number of alkyl halides is 1. The Balaban J connectivity index is 2.66. The molecule has 2 aromatic rings. The number of aromatic nitrogens is 4.